The highest BCUT2D eigenvalue weighted by Crippen LogP contribution is 2.23. The second-order valence-electron chi connectivity index (χ2n) is 7.70. The van der Waals surface area contributed by atoms with Gasteiger partial charge in [0.1, 0.15) is 5.82 Å². The summed E-state index contributed by atoms with van der Waals surface area (Å²) in [6.45, 7) is 5.09. The summed E-state index contributed by atoms with van der Waals surface area (Å²) in [5, 5.41) is 3.16. The number of amides is 1. The van der Waals surface area contributed by atoms with Gasteiger partial charge in [0.25, 0.3) is 15.9 Å². The number of likely N-dealkylation sites (tertiary alicyclic amines) is 1. The summed E-state index contributed by atoms with van der Waals surface area (Å²) >= 11 is 6.19. The van der Waals surface area contributed by atoms with E-state index >= 15 is 0 Å². The molecular weight excluding hydrogens is 441 g/mol. The number of benzene rings is 2. The maximum Gasteiger partial charge on any atom is 0.261 e. The minimum atomic E-state index is -3.97. The summed E-state index contributed by atoms with van der Waals surface area (Å²) in [5.74, 6) is -0.861. The second-order valence-corrected chi connectivity index (χ2v) is 9.79. The van der Waals surface area contributed by atoms with E-state index in [1.165, 1.54) is 36.8 Å². The first kappa shape index (κ1) is 23.5. The van der Waals surface area contributed by atoms with Crippen molar-refractivity contribution in [1.29, 1.82) is 0 Å². The Kier molecular flexibility index (Phi) is 7.91. The van der Waals surface area contributed by atoms with Crippen LogP contribution in [0.15, 0.2) is 47.4 Å². The number of carbonyl (C=O) groups is 1. The Balaban J connectivity index is 1.67. The molecule has 1 aliphatic rings. The topological polar surface area (TPSA) is 78.5 Å². The fourth-order valence-corrected chi connectivity index (χ4v) is 4.81. The fraction of sp³-hybridized carbons (Fsp3) is 0.409. The van der Waals surface area contributed by atoms with Gasteiger partial charge in [-0.2, -0.15) is 0 Å². The van der Waals surface area contributed by atoms with E-state index in [9.17, 15) is 17.6 Å². The Labute approximate surface area is 187 Å². The molecule has 1 aliphatic heterocycles. The van der Waals surface area contributed by atoms with E-state index < -0.39 is 21.7 Å². The third kappa shape index (κ3) is 6.41. The molecule has 3 rings (SSSR count). The van der Waals surface area contributed by atoms with Crippen molar-refractivity contribution >= 4 is 33.2 Å². The predicted octanol–water partition coefficient (Wildman–Crippen LogP) is 4.27. The molecule has 0 radical (unpaired) electrons. The van der Waals surface area contributed by atoms with Gasteiger partial charge in [-0.3, -0.25) is 9.52 Å². The highest BCUT2D eigenvalue weighted by molar-refractivity contribution is 7.92. The van der Waals surface area contributed by atoms with Crippen LogP contribution in [0.5, 0.6) is 0 Å². The minimum Gasteiger partial charge on any atom is -0.349 e. The van der Waals surface area contributed by atoms with Crippen LogP contribution in [0.2, 0.25) is 5.02 Å². The van der Waals surface area contributed by atoms with Gasteiger partial charge in [0.05, 0.1) is 15.5 Å². The monoisotopic (exact) mass is 467 g/mol. The summed E-state index contributed by atoms with van der Waals surface area (Å²) in [7, 11) is -3.97. The molecule has 9 heteroatoms. The van der Waals surface area contributed by atoms with Crippen LogP contribution in [0.3, 0.4) is 0 Å². The summed E-state index contributed by atoms with van der Waals surface area (Å²) in [6.07, 6.45) is 4.01. The van der Waals surface area contributed by atoms with Crippen LogP contribution in [-0.2, 0) is 10.0 Å². The minimum absolute atomic E-state index is 0.0269. The number of rotatable bonds is 8. The van der Waals surface area contributed by atoms with Crippen molar-refractivity contribution in [3.63, 3.8) is 0 Å². The number of piperidine rings is 1. The van der Waals surface area contributed by atoms with Crippen LogP contribution in [0.1, 0.15) is 43.0 Å². The van der Waals surface area contributed by atoms with Gasteiger partial charge in [0.15, 0.2) is 0 Å². The number of carbonyl (C=O) groups excluding carboxylic acids is 1. The summed E-state index contributed by atoms with van der Waals surface area (Å²) < 4.78 is 40.8. The predicted molar refractivity (Wildman–Crippen MR) is 120 cm³/mol. The van der Waals surface area contributed by atoms with Crippen LogP contribution in [0.4, 0.5) is 10.1 Å². The molecule has 0 bridgehead atoms. The molecule has 0 aliphatic carbocycles. The standard InChI is InChI=1S/C22H27ClFN3O3S/c1-2-3-12-27-13-10-17(11-14-27)25-22(28)20-15-19(8-9-21(20)23)31(29,30)26-18-6-4-16(24)5-7-18/h4-9,15,17,26H,2-3,10-14H2,1H3,(H,25,28). The smallest absolute Gasteiger partial charge is 0.261 e. The van der Waals surface area contributed by atoms with E-state index in [4.69, 9.17) is 11.6 Å². The number of sulfonamides is 1. The molecule has 1 fully saturated rings. The van der Waals surface area contributed by atoms with Crippen molar-refractivity contribution in [2.45, 2.75) is 43.5 Å². The number of halogens is 2. The zero-order chi connectivity index (χ0) is 22.4. The molecule has 2 N–H and O–H groups in total. The second kappa shape index (κ2) is 10.4. The Morgan fingerprint density at radius 3 is 2.48 bits per heavy atom. The van der Waals surface area contributed by atoms with Crippen LogP contribution in [0, 0.1) is 5.82 Å². The van der Waals surface area contributed by atoms with Crippen molar-refractivity contribution in [2.75, 3.05) is 24.4 Å². The Hall–Kier alpha value is -2.16. The third-order valence-corrected chi connectivity index (χ3v) is 7.05. The molecule has 0 aromatic heterocycles. The maximum absolute atomic E-state index is 13.1. The van der Waals surface area contributed by atoms with Gasteiger partial charge in [0, 0.05) is 24.8 Å². The molecule has 1 saturated heterocycles. The lowest BCUT2D eigenvalue weighted by Crippen LogP contribution is -2.44. The quantitative estimate of drug-likeness (QED) is 0.607. The third-order valence-electron chi connectivity index (χ3n) is 5.34. The summed E-state index contributed by atoms with van der Waals surface area (Å²) in [4.78, 5) is 15.1. The zero-order valence-corrected chi connectivity index (χ0v) is 19.0. The highest BCUT2D eigenvalue weighted by Gasteiger charge is 2.23. The highest BCUT2D eigenvalue weighted by atomic mass is 35.5. The van der Waals surface area contributed by atoms with Gasteiger partial charge >= 0.3 is 0 Å². The van der Waals surface area contributed by atoms with Gasteiger partial charge in [-0.1, -0.05) is 24.9 Å². The Morgan fingerprint density at radius 2 is 1.84 bits per heavy atom. The summed E-state index contributed by atoms with van der Waals surface area (Å²) in [6, 6.07) is 8.98. The van der Waals surface area contributed by atoms with E-state index in [1.54, 1.807) is 0 Å². The molecule has 0 saturated carbocycles. The van der Waals surface area contributed by atoms with Crippen molar-refractivity contribution in [3.8, 4) is 0 Å². The van der Waals surface area contributed by atoms with Gasteiger partial charge in [-0.25, -0.2) is 12.8 Å². The Morgan fingerprint density at radius 1 is 1.16 bits per heavy atom. The van der Waals surface area contributed by atoms with E-state index in [2.05, 4.69) is 21.9 Å². The van der Waals surface area contributed by atoms with Gasteiger partial charge in [0.2, 0.25) is 0 Å². The maximum atomic E-state index is 13.1. The number of nitrogens with one attached hydrogen (secondary N) is 2. The Bertz CT molecular complexity index is 1010. The van der Waals surface area contributed by atoms with Crippen molar-refractivity contribution in [3.05, 3.63) is 58.9 Å². The first-order valence-electron chi connectivity index (χ1n) is 10.4. The molecule has 1 heterocycles. The van der Waals surface area contributed by atoms with Crippen molar-refractivity contribution < 1.29 is 17.6 Å². The molecule has 2 aromatic rings. The average Bonchev–Trinajstić information content (AvgIpc) is 2.75. The first-order chi connectivity index (χ1) is 14.8. The fourth-order valence-electron chi connectivity index (χ4n) is 3.52. The van der Waals surface area contributed by atoms with Crippen LogP contribution in [0.25, 0.3) is 0 Å². The molecule has 1 amide bonds. The molecule has 0 unspecified atom stereocenters. The number of hydrogen-bond donors (Lipinski definition) is 2. The number of anilines is 1. The molecule has 2 aromatic carbocycles. The van der Waals surface area contributed by atoms with Crippen molar-refractivity contribution in [1.82, 2.24) is 10.2 Å². The lowest BCUT2D eigenvalue weighted by molar-refractivity contribution is 0.0910. The zero-order valence-electron chi connectivity index (χ0n) is 17.4. The lowest BCUT2D eigenvalue weighted by Gasteiger charge is -2.32. The van der Waals surface area contributed by atoms with E-state index in [-0.39, 0.29) is 27.2 Å². The average molecular weight is 468 g/mol. The van der Waals surface area contributed by atoms with Gasteiger partial charge < -0.3 is 10.2 Å². The molecular formula is C22H27ClFN3O3S. The SMILES string of the molecule is CCCCN1CCC(NC(=O)c2cc(S(=O)(=O)Nc3ccc(F)cc3)ccc2Cl)CC1. The molecule has 168 valence electrons. The number of unbranched alkanes of at least 4 members (excludes halogenated alkanes) is 1. The first-order valence-corrected chi connectivity index (χ1v) is 12.3. The molecule has 6 nitrogen and oxygen atoms in total. The normalized spacial score (nSPS) is 15.6. The van der Waals surface area contributed by atoms with E-state index in [1.807, 2.05) is 0 Å². The number of nitrogens with zero attached hydrogens (tertiary/aromatic N) is 1. The number of hydrogen-bond acceptors (Lipinski definition) is 4. The lowest BCUT2D eigenvalue weighted by atomic mass is 10.0. The van der Waals surface area contributed by atoms with E-state index in [0.717, 1.165) is 51.0 Å². The van der Waals surface area contributed by atoms with Gasteiger partial charge in [-0.05, 0) is 68.3 Å². The molecule has 0 atom stereocenters. The van der Waals surface area contributed by atoms with Crippen LogP contribution >= 0.6 is 11.6 Å². The van der Waals surface area contributed by atoms with Crippen molar-refractivity contribution in [2.24, 2.45) is 0 Å². The molecule has 31 heavy (non-hydrogen) atoms. The van der Waals surface area contributed by atoms with E-state index in [0.29, 0.717) is 0 Å². The largest absolute Gasteiger partial charge is 0.349 e. The van der Waals surface area contributed by atoms with Crippen LogP contribution < -0.4 is 10.0 Å². The summed E-state index contributed by atoms with van der Waals surface area (Å²) in [5.41, 5.74) is 0.328. The van der Waals surface area contributed by atoms with Gasteiger partial charge in [-0.15, -0.1) is 0 Å². The molecule has 0 spiro atoms. The van der Waals surface area contributed by atoms with Crippen LogP contribution in [-0.4, -0.2) is 44.9 Å².